The highest BCUT2D eigenvalue weighted by molar-refractivity contribution is 7.11. The number of rotatable bonds is 5. The van der Waals surface area contributed by atoms with Gasteiger partial charge in [-0.15, -0.1) is 11.3 Å². The molecule has 1 heterocycles. The molecule has 1 aromatic heterocycles. The Hall–Kier alpha value is -1.39. The van der Waals surface area contributed by atoms with Crippen molar-refractivity contribution >= 4 is 11.3 Å². The van der Waals surface area contributed by atoms with Crippen LogP contribution in [0.3, 0.4) is 0 Å². The zero-order valence-electron chi connectivity index (χ0n) is 13.4. The van der Waals surface area contributed by atoms with E-state index in [1.807, 2.05) is 13.8 Å². The van der Waals surface area contributed by atoms with Gasteiger partial charge in [-0.25, -0.2) is 4.98 Å². The first-order chi connectivity index (χ1) is 9.88. The Morgan fingerprint density at radius 3 is 2.52 bits per heavy atom. The number of hydrogen-bond donors (Lipinski definition) is 1. The molecular weight excluding hydrogens is 280 g/mol. The van der Waals surface area contributed by atoms with Crippen molar-refractivity contribution in [2.45, 2.75) is 53.2 Å². The van der Waals surface area contributed by atoms with E-state index in [1.165, 1.54) is 11.1 Å². The number of aryl methyl sites for hydroxylation is 2. The van der Waals surface area contributed by atoms with Gasteiger partial charge in [0.2, 0.25) is 0 Å². The second kappa shape index (κ2) is 6.58. The van der Waals surface area contributed by atoms with Crippen LogP contribution in [-0.2, 0) is 6.61 Å². The topological polar surface area (TPSA) is 48.1 Å². The Kier molecular flexibility index (Phi) is 5.01. The lowest BCUT2D eigenvalue weighted by Gasteiger charge is -2.14. The summed E-state index contributed by atoms with van der Waals surface area (Å²) in [6.45, 7) is 10.9. The SMILES string of the molecule is Cc1ccc(C(C)C)c(OCc2nc(C)c(C(C)N)s2)c1. The molecule has 0 aliphatic carbocycles. The summed E-state index contributed by atoms with van der Waals surface area (Å²) in [5, 5.41) is 0.982. The fourth-order valence-corrected chi connectivity index (χ4v) is 3.27. The van der Waals surface area contributed by atoms with Crippen molar-refractivity contribution < 1.29 is 4.74 Å². The number of nitrogens with two attached hydrogens (primary N) is 1. The largest absolute Gasteiger partial charge is 0.486 e. The van der Waals surface area contributed by atoms with Crippen LogP contribution < -0.4 is 10.5 Å². The minimum Gasteiger partial charge on any atom is -0.486 e. The Morgan fingerprint density at radius 1 is 1.24 bits per heavy atom. The Morgan fingerprint density at radius 2 is 1.95 bits per heavy atom. The molecule has 0 bridgehead atoms. The highest BCUT2D eigenvalue weighted by atomic mass is 32.1. The van der Waals surface area contributed by atoms with E-state index in [1.54, 1.807) is 11.3 Å². The van der Waals surface area contributed by atoms with E-state index in [-0.39, 0.29) is 6.04 Å². The summed E-state index contributed by atoms with van der Waals surface area (Å²) in [5.74, 6) is 1.40. The van der Waals surface area contributed by atoms with Gasteiger partial charge in [-0.3, -0.25) is 0 Å². The summed E-state index contributed by atoms with van der Waals surface area (Å²) < 4.78 is 6.02. The van der Waals surface area contributed by atoms with Crippen LogP contribution in [0.15, 0.2) is 18.2 Å². The van der Waals surface area contributed by atoms with E-state index in [9.17, 15) is 0 Å². The van der Waals surface area contributed by atoms with E-state index < -0.39 is 0 Å². The molecule has 1 unspecified atom stereocenters. The van der Waals surface area contributed by atoms with Gasteiger partial charge in [0.1, 0.15) is 17.4 Å². The summed E-state index contributed by atoms with van der Waals surface area (Å²) in [6.07, 6.45) is 0. The monoisotopic (exact) mass is 304 g/mol. The molecule has 2 aromatic rings. The van der Waals surface area contributed by atoms with Crippen molar-refractivity contribution in [2.24, 2.45) is 5.73 Å². The number of ether oxygens (including phenoxy) is 1. The average molecular weight is 304 g/mol. The van der Waals surface area contributed by atoms with E-state index in [0.29, 0.717) is 12.5 Å². The quantitative estimate of drug-likeness (QED) is 0.886. The van der Waals surface area contributed by atoms with Gasteiger partial charge < -0.3 is 10.5 Å². The molecule has 1 atom stereocenters. The van der Waals surface area contributed by atoms with E-state index >= 15 is 0 Å². The number of aromatic nitrogens is 1. The zero-order valence-corrected chi connectivity index (χ0v) is 14.3. The molecule has 2 rings (SSSR count). The molecule has 1 aromatic carbocycles. The highest BCUT2D eigenvalue weighted by Crippen LogP contribution is 2.29. The van der Waals surface area contributed by atoms with Gasteiger partial charge in [-0.2, -0.15) is 0 Å². The third-order valence-electron chi connectivity index (χ3n) is 3.43. The molecule has 0 spiro atoms. The van der Waals surface area contributed by atoms with Crippen molar-refractivity contribution in [3.63, 3.8) is 0 Å². The van der Waals surface area contributed by atoms with Crippen LogP contribution in [0, 0.1) is 13.8 Å². The third-order valence-corrected chi connectivity index (χ3v) is 4.76. The lowest BCUT2D eigenvalue weighted by Crippen LogP contribution is -2.03. The maximum Gasteiger partial charge on any atom is 0.140 e. The number of benzene rings is 1. The average Bonchev–Trinajstić information content (AvgIpc) is 2.77. The zero-order chi connectivity index (χ0) is 15.6. The molecule has 0 aliphatic rings. The minimum absolute atomic E-state index is 0.0291. The molecule has 2 N–H and O–H groups in total. The maximum atomic E-state index is 6.02. The fourth-order valence-electron chi connectivity index (χ4n) is 2.33. The van der Waals surface area contributed by atoms with Crippen molar-refractivity contribution in [3.05, 3.63) is 44.9 Å². The molecular formula is C17H24N2OS. The first-order valence-electron chi connectivity index (χ1n) is 7.33. The molecule has 21 heavy (non-hydrogen) atoms. The number of nitrogens with zero attached hydrogens (tertiary/aromatic N) is 1. The summed E-state index contributed by atoms with van der Waals surface area (Å²) in [5.41, 5.74) is 9.41. The van der Waals surface area contributed by atoms with Gasteiger partial charge in [0, 0.05) is 10.9 Å². The Labute approximate surface area is 131 Å². The first-order valence-corrected chi connectivity index (χ1v) is 8.15. The summed E-state index contributed by atoms with van der Waals surface area (Å²) in [6, 6.07) is 6.41. The van der Waals surface area contributed by atoms with Gasteiger partial charge in [0.05, 0.1) is 5.69 Å². The number of hydrogen-bond acceptors (Lipinski definition) is 4. The van der Waals surface area contributed by atoms with Crippen molar-refractivity contribution in [2.75, 3.05) is 0 Å². The van der Waals surface area contributed by atoms with Crippen LogP contribution in [-0.4, -0.2) is 4.98 Å². The van der Waals surface area contributed by atoms with Crippen LogP contribution in [0.2, 0.25) is 0 Å². The van der Waals surface area contributed by atoms with Gasteiger partial charge in [0.15, 0.2) is 0 Å². The number of thiazole rings is 1. The predicted molar refractivity (Wildman–Crippen MR) is 89.1 cm³/mol. The van der Waals surface area contributed by atoms with Gasteiger partial charge in [-0.1, -0.05) is 26.0 Å². The highest BCUT2D eigenvalue weighted by Gasteiger charge is 2.13. The van der Waals surface area contributed by atoms with Crippen LogP contribution in [0.4, 0.5) is 0 Å². The van der Waals surface area contributed by atoms with Gasteiger partial charge in [0.25, 0.3) is 0 Å². The lowest BCUT2D eigenvalue weighted by atomic mass is 10.0. The normalized spacial score (nSPS) is 12.7. The van der Waals surface area contributed by atoms with E-state index in [0.717, 1.165) is 21.3 Å². The Balaban J connectivity index is 2.16. The van der Waals surface area contributed by atoms with Gasteiger partial charge >= 0.3 is 0 Å². The van der Waals surface area contributed by atoms with Crippen LogP contribution in [0.5, 0.6) is 5.75 Å². The molecule has 0 saturated carbocycles. The molecule has 0 aliphatic heterocycles. The summed E-state index contributed by atoms with van der Waals surface area (Å²) in [7, 11) is 0. The van der Waals surface area contributed by atoms with Crippen molar-refractivity contribution in [3.8, 4) is 5.75 Å². The van der Waals surface area contributed by atoms with Crippen molar-refractivity contribution in [1.29, 1.82) is 0 Å². The summed E-state index contributed by atoms with van der Waals surface area (Å²) in [4.78, 5) is 5.70. The van der Waals surface area contributed by atoms with Crippen LogP contribution in [0.1, 0.15) is 59.4 Å². The molecule has 3 nitrogen and oxygen atoms in total. The minimum atomic E-state index is 0.0291. The molecule has 0 fully saturated rings. The Bertz CT molecular complexity index is 617. The predicted octanol–water partition coefficient (Wildman–Crippen LogP) is 4.48. The first kappa shape index (κ1) is 16.0. The maximum absolute atomic E-state index is 6.02. The fraction of sp³-hybridized carbons (Fsp3) is 0.471. The third kappa shape index (κ3) is 3.83. The second-order valence-corrected chi connectivity index (χ2v) is 6.95. The van der Waals surface area contributed by atoms with Crippen molar-refractivity contribution in [1.82, 2.24) is 4.98 Å². The molecule has 0 amide bonds. The van der Waals surface area contributed by atoms with E-state index in [4.69, 9.17) is 10.5 Å². The molecule has 4 heteroatoms. The second-order valence-electron chi connectivity index (χ2n) is 5.83. The lowest BCUT2D eigenvalue weighted by molar-refractivity contribution is 0.301. The van der Waals surface area contributed by atoms with E-state index in [2.05, 4.69) is 44.0 Å². The van der Waals surface area contributed by atoms with Crippen LogP contribution in [0.25, 0.3) is 0 Å². The summed E-state index contributed by atoms with van der Waals surface area (Å²) >= 11 is 1.64. The van der Waals surface area contributed by atoms with Crippen LogP contribution >= 0.6 is 11.3 Å². The standard InChI is InChI=1S/C17H24N2OS/c1-10(2)14-7-6-11(3)8-15(14)20-9-16-19-13(5)17(21-16)12(4)18/h6-8,10,12H,9,18H2,1-5H3. The molecule has 114 valence electrons. The molecule has 0 saturated heterocycles. The van der Waals surface area contributed by atoms with Gasteiger partial charge in [-0.05, 0) is 43.9 Å². The molecule has 0 radical (unpaired) electrons. The smallest absolute Gasteiger partial charge is 0.140 e.